The molecule has 24 heavy (non-hydrogen) atoms. The van der Waals surface area contributed by atoms with Crippen LogP contribution in [0.2, 0.25) is 0 Å². The molecule has 2 fully saturated rings. The summed E-state index contributed by atoms with van der Waals surface area (Å²) in [5, 5.41) is 3.59. The van der Waals surface area contributed by atoms with Gasteiger partial charge < -0.3 is 15.0 Å². The predicted octanol–water partition coefficient (Wildman–Crippen LogP) is 2.43. The molecular weight excluding hydrogens is 328 g/mol. The number of carbonyl (C=O) groups is 2. The molecule has 3 rings (SSSR count). The molecule has 132 valence electrons. The zero-order valence-electron chi connectivity index (χ0n) is 14.2. The maximum atomic E-state index is 12.4. The Morgan fingerprint density at radius 3 is 2.54 bits per heavy atom. The van der Waals surface area contributed by atoms with Crippen LogP contribution in [-0.2, 0) is 4.79 Å². The van der Waals surface area contributed by atoms with Gasteiger partial charge in [0.25, 0.3) is 5.91 Å². The molecule has 2 unspecified atom stereocenters. The van der Waals surface area contributed by atoms with Crippen molar-refractivity contribution in [1.29, 1.82) is 0 Å². The van der Waals surface area contributed by atoms with E-state index in [-0.39, 0.29) is 30.7 Å². The molecule has 2 saturated heterocycles. The van der Waals surface area contributed by atoms with Gasteiger partial charge in [0.1, 0.15) is 5.75 Å². The van der Waals surface area contributed by atoms with Crippen LogP contribution in [0.4, 0.5) is 0 Å². The van der Waals surface area contributed by atoms with Gasteiger partial charge in [0.2, 0.25) is 0 Å². The number of hydrogen-bond acceptors (Lipinski definition) is 4. The average Bonchev–Trinajstić information content (AvgIpc) is 2.90. The molecule has 2 aliphatic rings. The zero-order valence-corrected chi connectivity index (χ0v) is 15.0. The molecule has 2 atom stereocenters. The van der Waals surface area contributed by atoms with Crippen molar-refractivity contribution in [2.75, 3.05) is 13.7 Å². The molecule has 2 aliphatic heterocycles. The smallest absolute Gasteiger partial charge is 0.260 e. The Bertz CT molecular complexity index is 596. The van der Waals surface area contributed by atoms with E-state index in [1.807, 2.05) is 11.9 Å². The number of rotatable bonds is 5. The molecular formula is C18H25ClN2O3. The molecule has 1 N–H and O–H groups in total. The van der Waals surface area contributed by atoms with Gasteiger partial charge in [-0.2, -0.15) is 0 Å². The minimum atomic E-state index is -0.0101. The summed E-state index contributed by atoms with van der Waals surface area (Å²) in [6.45, 7) is 1.53. The minimum absolute atomic E-state index is 0. The van der Waals surface area contributed by atoms with Crippen LogP contribution in [0, 0.1) is 0 Å². The second kappa shape index (κ2) is 7.99. The molecule has 0 saturated carbocycles. The Hall–Kier alpha value is -1.59. The van der Waals surface area contributed by atoms with Crippen LogP contribution < -0.4 is 10.1 Å². The summed E-state index contributed by atoms with van der Waals surface area (Å²) in [6, 6.07) is 8.38. The lowest BCUT2D eigenvalue weighted by molar-refractivity contribution is -0.134. The minimum Gasteiger partial charge on any atom is -0.484 e. The van der Waals surface area contributed by atoms with Gasteiger partial charge in [0.15, 0.2) is 12.4 Å². The lowest BCUT2D eigenvalue weighted by atomic mass is 9.98. The van der Waals surface area contributed by atoms with Crippen molar-refractivity contribution in [2.45, 2.75) is 50.7 Å². The van der Waals surface area contributed by atoms with Gasteiger partial charge in [-0.3, -0.25) is 9.59 Å². The topological polar surface area (TPSA) is 58.6 Å². The van der Waals surface area contributed by atoms with Gasteiger partial charge in [-0.15, -0.1) is 12.4 Å². The number of Topliss-reactive ketones (excluding diaryl/α,β-unsaturated/α-hetero) is 1. The summed E-state index contributed by atoms with van der Waals surface area (Å²) >= 11 is 0. The fourth-order valence-corrected chi connectivity index (χ4v) is 3.60. The molecule has 1 aromatic rings. The van der Waals surface area contributed by atoms with Gasteiger partial charge in [-0.05, 0) is 44.7 Å². The van der Waals surface area contributed by atoms with Crippen molar-refractivity contribution in [2.24, 2.45) is 0 Å². The SMILES string of the molecule is CC(=O)c1cccc(OCC(=O)N(C)C2CC3CCC(C2)N3)c1.Cl. The van der Waals surface area contributed by atoms with Gasteiger partial charge in [-0.1, -0.05) is 12.1 Å². The number of piperidine rings is 1. The number of amides is 1. The Labute approximate surface area is 149 Å². The van der Waals surface area contributed by atoms with Gasteiger partial charge in [0, 0.05) is 30.7 Å². The number of benzene rings is 1. The van der Waals surface area contributed by atoms with Crippen LogP contribution in [0.1, 0.15) is 43.0 Å². The number of nitrogens with one attached hydrogen (secondary N) is 1. The number of likely N-dealkylation sites (N-methyl/N-ethyl adjacent to an activating group) is 1. The third-order valence-corrected chi connectivity index (χ3v) is 4.99. The van der Waals surface area contributed by atoms with Crippen molar-refractivity contribution in [3.05, 3.63) is 29.8 Å². The molecule has 0 radical (unpaired) electrons. The monoisotopic (exact) mass is 352 g/mol. The first-order valence-corrected chi connectivity index (χ1v) is 8.28. The van der Waals surface area contributed by atoms with Gasteiger partial charge in [-0.25, -0.2) is 0 Å². The largest absolute Gasteiger partial charge is 0.484 e. The van der Waals surface area contributed by atoms with E-state index in [0.29, 0.717) is 29.4 Å². The predicted molar refractivity (Wildman–Crippen MR) is 94.9 cm³/mol. The van der Waals surface area contributed by atoms with Crippen LogP contribution in [0.25, 0.3) is 0 Å². The van der Waals surface area contributed by atoms with Crippen molar-refractivity contribution < 1.29 is 14.3 Å². The van der Waals surface area contributed by atoms with Crippen LogP contribution in [-0.4, -0.2) is 48.4 Å². The molecule has 0 spiro atoms. The quantitative estimate of drug-likeness (QED) is 0.827. The highest BCUT2D eigenvalue weighted by Gasteiger charge is 2.36. The summed E-state index contributed by atoms with van der Waals surface area (Å²) in [7, 11) is 1.87. The number of hydrogen-bond donors (Lipinski definition) is 1. The van der Waals surface area contributed by atoms with Crippen molar-refractivity contribution >= 4 is 24.1 Å². The normalized spacial score (nSPS) is 24.8. The molecule has 2 bridgehead atoms. The van der Waals surface area contributed by atoms with E-state index in [1.165, 1.54) is 19.8 Å². The second-order valence-electron chi connectivity index (χ2n) is 6.64. The second-order valence-corrected chi connectivity index (χ2v) is 6.64. The molecule has 6 heteroatoms. The first-order chi connectivity index (χ1) is 11.0. The van der Waals surface area contributed by atoms with E-state index in [9.17, 15) is 9.59 Å². The maximum Gasteiger partial charge on any atom is 0.260 e. The molecule has 0 aromatic heterocycles. The Morgan fingerprint density at radius 1 is 1.25 bits per heavy atom. The first kappa shape index (κ1) is 18.7. The summed E-state index contributed by atoms with van der Waals surface area (Å²) in [5.41, 5.74) is 0.596. The molecule has 1 aromatic carbocycles. The van der Waals surface area contributed by atoms with Crippen molar-refractivity contribution in [1.82, 2.24) is 10.2 Å². The third-order valence-electron chi connectivity index (χ3n) is 4.99. The number of ether oxygens (including phenoxy) is 1. The lowest BCUT2D eigenvalue weighted by Crippen LogP contribution is -2.49. The Morgan fingerprint density at radius 2 is 1.92 bits per heavy atom. The zero-order chi connectivity index (χ0) is 16.4. The van der Waals surface area contributed by atoms with E-state index in [0.717, 1.165) is 12.8 Å². The van der Waals surface area contributed by atoms with Crippen LogP contribution in [0.3, 0.4) is 0 Å². The fourth-order valence-electron chi connectivity index (χ4n) is 3.60. The summed E-state index contributed by atoms with van der Waals surface area (Å²) in [6.07, 6.45) is 4.49. The van der Waals surface area contributed by atoms with E-state index in [1.54, 1.807) is 24.3 Å². The number of nitrogens with zero attached hydrogens (tertiary/aromatic N) is 1. The maximum absolute atomic E-state index is 12.4. The Balaban J connectivity index is 0.00000208. The number of carbonyl (C=O) groups excluding carboxylic acids is 2. The molecule has 1 amide bonds. The van der Waals surface area contributed by atoms with Gasteiger partial charge >= 0.3 is 0 Å². The number of halogens is 1. The Kier molecular flexibility index (Phi) is 6.24. The highest BCUT2D eigenvalue weighted by Crippen LogP contribution is 2.29. The first-order valence-electron chi connectivity index (χ1n) is 8.28. The van der Waals surface area contributed by atoms with E-state index < -0.39 is 0 Å². The average molecular weight is 353 g/mol. The summed E-state index contributed by atoms with van der Waals surface area (Å²) in [5.74, 6) is 0.540. The highest BCUT2D eigenvalue weighted by atomic mass is 35.5. The molecule has 2 heterocycles. The van der Waals surface area contributed by atoms with E-state index >= 15 is 0 Å². The van der Waals surface area contributed by atoms with Crippen LogP contribution in [0.5, 0.6) is 5.75 Å². The van der Waals surface area contributed by atoms with E-state index in [4.69, 9.17) is 4.74 Å². The standard InChI is InChI=1S/C18H24N2O3.ClH/c1-12(21)13-4-3-5-17(8-13)23-11-18(22)20(2)16-9-14-6-7-15(10-16)19-14;/h3-5,8,14-16,19H,6-7,9-11H2,1-2H3;1H. The van der Waals surface area contributed by atoms with Crippen LogP contribution >= 0.6 is 12.4 Å². The number of ketones is 1. The highest BCUT2D eigenvalue weighted by molar-refractivity contribution is 5.94. The van der Waals surface area contributed by atoms with Crippen molar-refractivity contribution in [3.8, 4) is 5.75 Å². The summed E-state index contributed by atoms with van der Waals surface area (Å²) < 4.78 is 5.58. The number of fused-ring (bicyclic) bond motifs is 2. The van der Waals surface area contributed by atoms with Crippen LogP contribution in [0.15, 0.2) is 24.3 Å². The van der Waals surface area contributed by atoms with Gasteiger partial charge in [0.05, 0.1) is 0 Å². The molecule has 0 aliphatic carbocycles. The summed E-state index contributed by atoms with van der Waals surface area (Å²) in [4.78, 5) is 25.6. The van der Waals surface area contributed by atoms with E-state index in [2.05, 4.69) is 5.32 Å². The fraction of sp³-hybridized carbons (Fsp3) is 0.556. The third kappa shape index (κ3) is 4.28. The molecule has 5 nitrogen and oxygen atoms in total. The van der Waals surface area contributed by atoms with Crippen molar-refractivity contribution in [3.63, 3.8) is 0 Å². The lowest BCUT2D eigenvalue weighted by Gasteiger charge is -2.35.